The van der Waals surface area contributed by atoms with Gasteiger partial charge in [-0.25, -0.2) is 8.42 Å². The van der Waals surface area contributed by atoms with Crippen LogP contribution in [0.15, 0.2) is 47.4 Å². The molecule has 0 aliphatic carbocycles. The Morgan fingerprint density at radius 2 is 1.55 bits per heavy atom. The zero-order valence-corrected chi connectivity index (χ0v) is 40.8. The molecule has 0 saturated carbocycles. The first kappa shape index (κ1) is 52.6. The second kappa shape index (κ2) is 20.5. The van der Waals surface area contributed by atoms with Crippen molar-refractivity contribution < 1.29 is 67.2 Å². The first-order valence-electron chi connectivity index (χ1n) is 22.7. The number of carbonyl (C=O) groups excluding carboxylic acids is 1. The number of fused-ring (bicyclic) bond motifs is 1. The topological polar surface area (TPSA) is 214 Å². The Morgan fingerprint density at radius 1 is 0.906 bits per heavy atom. The number of methoxy groups -OCH3 is 1. The Bertz CT molecular complexity index is 1990. The van der Waals surface area contributed by atoms with E-state index < -0.39 is 118 Å². The van der Waals surface area contributed by atoms with Crippen molar-refractivity contribution in [1.29, 1.82) is 0 Å². The van der Waals surface area contributed by atoms with Gasteiger partial charge in [0.05, 0.1) is 52.5 Å². The van der Waals surface area contributed by atoms with Gasteiger partial charge in [0.2, 0.25) is 10.0 Å². The van der Waals surface area contributed by atoms with Crippen LogP contribution in [0.1, 0.15) is 94.9 Å². The second-order valence-corrected chi connectivity index (χ2v) is 21.7. The summed E-state index contributed by atoms with van der Waals surface area (Å²) in [6.07, 6.45) is -10.8. The number of aliphatic hydroxyl groups is 5. The number of likely N-dealkylation sites (N-methyl/N-ethyl adjacent to an activating group) is 2. The molecule has 3 aliphatic heterocycles. The number of esters is 1. The van der Waals surface area contributed by atoms with Crippen LogP contribution in [0.2, 0.25) is 0 Å². The van der Waals surface area contributed by atoms with Gasteiger partial charge in [-0.2, -0.15) is 4.31 Å². The number of hydrogen-bond donors (Lipinski definition) is 5. The zero-order chi connectivity index (χ0) is 47.9. The van der Waals surface area contributed by atoms with Gasteiger partial charge in [0.1, 0.15) is 30.0 Å². The largest absolute Gasteiger partial charge is 0.459 e. The molecule has 0 aromatic heterocycles. The lowest BCUT2D eigenvalue weighted by Crippen LogP contribution is -2.61. The SMILES string of the molecule is CC[C@H]1OC(=O)[C@H](C)[C@@H](OC2C[C@@](C)(OC)[C@@H](O)[C@H](C)O2)[C@H](C)[C@@H](O[C@@H]2O[C@H](C)C[C@H](N(C)S(=O)(=O)c3ccc4ccccc4c3)[C@H]2O)[C@](C)(O)C[C@@H](C)CN(C)[C@H](C)[C@@H](O)[C@]1(C)O. The van der Waals surface area contributed by atoms with E-state index in [0.717, 1.165) is 15.1 Å². The molecule has 17 heteroatoms. The summed E-state index contributed by atoms with van der Waals surface area (Å²) >= 11 is 0. The number of hydrogen-bond acceptors (Lipinski definition) is 15. The van der Waals surface area contributed by atoms with Crippen LogP contribution in [0.4, 0.5) is 0 Å². The molecule has 0 spiro atoms. The Balaban J connectivity index is 1.57. The molecule has 3 saturated heterocycles. The highest BCUT2D eigenvalue weighted by Crippen LogP contribution is 2.41. The van der Waals surface area contributed by atoms with E-state index in [2.05, 4.69) is 0 Å². The number of rotatable bonds is 9. The van der Waals surface area contributed by atoms with Crippen molar-refractivity contribution in [2.24, 2.45) is 17.8 Å². The maximum absolute atomic E-state index is 14.4. The first-order chi connectivity index (χ1) is 29.7. The molecule has 0 bridgehead atoms. The molecule has 3 fully saturated rings. The lowest BCUT2D eigenvalue weighted by atomic mass is 9.77. The molecule has 16 nitrogen and oxygen atoms in total. The van der Waals surface area contributed by atoms with Gasteiger partial charge in [0.15, 0.2) is 12.6 Å². The molecule has 0 amide bonds. The predicted octanol–water partition coefficient (Wildman–Crippen LogP) is 3.81. The highest BCUT2D eigenvalue weighted by atomic mass is 32.2. The summed E-state index contributed by atoms with van der Waals surface area (Å²) < 4.78 is 67.4. The van der Waals surface area contributed by atoms with Crippen LogP contribution in [0.5, 0.6) is 0 Å². The average molecular weight is 925 g/mol. The standard InChI is InChI=1S/C47H76N2O14S/c1-14-36-47(10,55)40(51)30(6)48(11)25-26(2)23-45(8,54)42(28(4)39(29(5)43(53)61-36)62-37-24-46(9,58-13)41(52)31(7)60-37)63-44-38(50)35(21-27(3)59-44)49(12)64(56,57)34-20-19-32-17-15-16-18-33(32)22-34/h15-20,22,26-31,35-42,44,50-52,54-55H,14,21,23-25H2,1-13H3/t26-,27-,28+,29-,30-,31+,35+,36-,37?,38-,39+,40-,41+,42-,44+,45-,46-,47-/m1/s1. The average Bonchev–Trinajstić information content (AvgIpc) is 3.24. The van der Waals surface area contributed by atoms with E-state index in [0.29, 0.717) is 6.54 Å². The maximum atomic E-state index is 14.4. The van der Waals surface area contributed by atoms with E-state index in [9.17, 15) is 38.7 Å². The van der Waals surface area contributed by atoms with Crippen molar-refractivity contribution in [3.05, 3.63) is 42.5 Å². The Hall–Kier alpha value is -2.36. The summed E-state index contributed by atoms with van der Waals surface area (Å²) in [5, 5.41) is 61.0. The fourth-order valence-electron chi connectivity index (χ4n) is 10.3. The predicted molar refractivity (Wildman–Crippen MR) is 239 cm³/mol. The number of benzene rings is 2. The molecule has 364 valence electrons. The number of cyclic esters (lactones) is 1. The van der Waals surface area contributed by atoms with E-state index in [4.69, 9.17) is 28.4 Å². The fourth-order valence-corrected chi connectivity index (χ4v) is 11.7. The van der Waals surface area contributed by atoms with Gasteiger partial charge < -0.3 is 58.9 Å². The zero-order valence-electron chi connectivity index (χ0n) is 40.0. The van der Waals surface area contributed by atoms with Gasteiger partial charge in [-0.3, -0.25) is 4.79 Å². The molecule has 2 aromatic carbocycles. The van der Waals surface area contributed by atoms with E-state index in [1.165, 1.54) is 27.1 Å². The minimum absolute atomic E-state index is 0.0562. The van der Waals surface area contributed by atoms with E-state index in [1.54, 1.807) is 74.6 Å². The Kier molecular flexibility index (Phi) is 16.8. The molecule has 18 atom stereocenters. The fraction of sp³-hybridized carbons (Fsp3) is 0.766. The highest BCUT2D eigenvalue weighted by molar-refractivity contribution is 7.89. The molecule has 1 unspecified atom stereocenters. The molecule has 5 N–H and O–H groups in total. The summed E-state index contributed by atoms with van der Waals surface area (Å²) in [6, 6.07) is 10.7. The maximum Gasteiger partial charge on any atom is 0.311 e. The number of sulfonamides is 1. The smallest absolute Gasteiger partial charge is 0.311 e. The van der Waals surface area contributed by atoms with E-state index >= 15 is 0 Å². The quantitative estimate of drug-likeness (QED) is 0.226. The molecule has 5 rings (SSSR count). The minimum Gasteiger partial charge on any atom is -0.459 e. The number of ether oxygens (including phenoxy) is 6. The molecular weight excluding hydrogens is 849 g/mol. The highest BCUT2D eigenvalue weighted by Gasteiger charge is 2.53. The number of carbonyl (C=O) groups is 1. The summed E-state index contributed by atoms with van der Waals surface area (Å²) in [4.78, 5) is 16.4. The van der Waals surface area contributed by atoms with Crippen LogP contribution < -0.4 is 0 Å². The van der Waals surface area contributed by atoms with Gasteiger partial charge in [0, 0.05) is 39.1 Å². The van der Waals surface area contributed by atoms with Gasteiger partial charge in [0.25, 0.3) is 0 Å². The minimum atomic E-state index is -4.15. The molecule has 0 radical (unpaired) electrons. The molecule has 3 aliphatic rings. The van der Waals surface area contributed by atoms with Crippen LogP contribution in [-0.2, 0) is 43.2 Å². The van der Waals surface area contributed by atoms with Crippen LogP contribution >= 0.6 is 0 Å². The van der Waals surface area contributed by atoms with Crippen molar-refractivity contribution in [2.75, 3.05) is 27.7 Å². The van der Waals surface area contributed by atoms with Gasteiger partial charge in [-0.15, -0.1) is 0 Å². The van der Waals surface area contributed by atoms with Crippen LogP contribution in [0.3, 0.4) is 0 Å². The van der Waals surface area contributed by atoms with Gasteiger partial charge in [-0.1, -0.05) is 51.1 Å². The third-order valence-electron chi connectivity index (χ3n) is 14.4. The number of aliphatic hydroxyl groups excluding tert-OH is 3. The van der Waals surface area contributed by atoms with Crippen LogP contribution in [-0.4, -0.2) is 167 Å². The first-order valence-corrected chi connectivity index (χ1v) is 24.2. The van der Waals surface area contributed by atoms with Gasteiger partial charge in [-0.05, 0) is 104 Å². The summed E-state index contributed by atoms with van der Waals surface area (Å²) in [7, 11) is 0.546. The van der Waals surface area contributed by atoms with Crippen molar-refractivity contribution in [1.82, 2.24) is 9.21 Å². The van der Waals surface area contributed by atoms with Crippen LogP contribution in [0.25, 0.3) is 10.8 Å². The normalized spacial score (nSPS) is 42.8. The summed E-state index contributed by atoms with van der Waals surface area (Å²) in [5.74, 6) is -3.06. The molecule has 3 heterocycles. The lowest BCUT2D eigenvalue weighted by Gasteiger charge is -2.48. The third kappa shape index (κ3) is 11.0. The third-order valence-corrected chi connectivity index (χ3v) is 16.3. The van der Waals surface area contributed by atoms with Gasteiger partial charge >= 0.3 is 5.97 Å². The van der Waals surface area contributed by atoms with Crippen molar-refractivity contribution >= 4 is 26.8 Å². The molecular formula is C47H76N2O14S. The Morgan fingerprint density at radius 3 is 2.17 bits per heavy atom. The lowest BCUT2D eigenvalue weighted by molar-refractivity contribution is -0.317. The van der Waals surface area contributed by atoms with Crippen molar-refractivity contribution in [3.8, 4) is 0 Å². The summed E-state index contributed by atoms with van der Waals surface area (Å²) in [6.45, 7) is 17.4. The second-order valence-electron chi connectivity index (χ2n) is 19.7. The monoisotopic (exact) mass is 925 g/mol. The van der Waals surface area contributed by atoms with Crippen LogP contribution in [0, 0.1) is 17.8 Å². The number of nitrogens with zero attached hydrogens (tertiary/aromatic N) is 2. The Labute approximate surface area is 380 Å². The van der Waals surface area contributed by atoms with E-state index in [1.807, 2.05) is 36.1 Å². The van der Waals surface area contributed by atoms with Crippen molar-refractivity contribution in [2.45, 2.75) is 190 Å². The molecule has 64 heavy (non-hydrogen) atoms. The van der Waals surface area contributed by atoms with Crippen molar-refractivity contribution in [3.63, 3.8) is 0 Å². The van der Waals surface area contributed by atoms with E-state index in [-0.39, 0.29) is 36.5 Å². The summed E-state index contributed by atoms with van der Waals surface area (Å²) in [5.41, 5.74) is -4.69. The molecule has 2 aromatic rings.